The van der Waals surface area contributed by atoms with Gasteiger partial charge in [-0.25, -0.2) is 8.42 Å². The van der Waals surface area contributed by atoms with Gasteiger partial charge in [-0.15, -0.1) is 0 Å². The van der Waals surface area contributed by atoms with Gasteiger partial charge in [0.1, 0.15) is 11.4 Å². The van der Waals surface area contributed by atoms with E-state index in [0.29, 0.717) is 6.42 Å². The fourth-order valence-corrected chi connectivity index (χ4v) is 4.48. The van der Waals surface area contributed by atoms with Crippen LogP contribution in [-0.4, -0.2) is 37.8 Å². The van der Waals surface area contributed by atoms with Crippen LogP contribution in [0.2, 0.25) is 0 Å². The zero-order valence-electron chi connectivity index (χ0n) is 16.6. The SMILES string of the molecule is Cc1ccc(S(=O)(=O)N(C)CC(=O)NC2CC(C)(C)Oc3ccccc32)cc1. The Morgan fingerprint density at radius 1 is 1.18 bits per heavy atom. The molecule has 6 nitrogen and oxygen atoms in total. The summed E-state index contributed by atoms with van der Waals surface area (Å²) in [7, 11) is -2.31. The maximum Gasteiger partial charge on any atom is 0.243 e. The number of rotatable bonds is 5. The van der Waals surface area contributed by atoms with Crippen molar-refractivity contribution >= 4 is 15.9 Å². The van der Waals surface area contributed by atoms with E-state index in [1.807, 2.05) is 45.0 Å². The summed E-state index contributed by atoms with van der Waals surface area (Å²) in [5.74, 6) is 0.389. The second-order valence-electron chi connectivity index (χ2n) is 7.80. The molecule has 0 saturated carbocycles. The van der Waals surface area contributed by atoms with Gasteiger partial charge < -0.3 is 10.1 Å². The lowest BCUT2D eigenvalue weighted by Gasteiger charge is -2.38. The maximum atomic E-state index is 12.7. The van der Waals surface area contributed by atoms with Crippen molar-refractivity contribution in [3.05, 3.63) is 59.7 Å². The van der Waals surface area contributed by atoms with E-state index in [2.05, 4.69) is 5.32 Å². The molecule has 7 heteroatoms. The number of sulfonamides is 1. The second kappa shape index (κ2) is 7.56. The summed E-state index contributed by atoms with van der Waals surface area (Å²) < 4.78 is 32.4. The topological polar surface area (TPSA) is 75.7 Å². The minimum Gasteiger partial charge on any atom is -0.487 e. The molecule has 150 valence electrons. The number of para-hydroxylation sites is 1. The molecule has 28 heavy (non-hydrogen) atoms. The van der Waals surface area contributed by atoms with Crippen LogP contribution in [0.4, 0.5) is 0 Å². The van der Waals surface area contributed by atoms with Crippen molar-refractivity contribution in [3.8, 4) is 5.75 Å². The Balaban J connectivity index is 1.72. The van der Waals surface area contributed by atoms with Gasteiger partial charge in [-0.05, 0) is 39.0 Å². The molecule has 2 aromatic carbocycles. The van der Waals surface area contributed by atoms with E-state index in [1.54, 1.807) is 24.3 Å². The number of benzene rings is 2. The van der Waals surface area contributed by atoms with Crippen molar-refractivity contribution < 1.29 is 17.9 Å². The Kier molecular flexibility index (Phi) is 5.50. The summed E-state index contributed by atoms with van der Waals surface area (Å²) in [6.45, 7) is 5.57. The quantitative estimate of drug-likeness (QED) is 0.834. The molecule has 0 fully saturated rings. The monoisotopic (exact) mass is 402 g/mol. The number of nitrogens with one attached hydrogen (secondary N) is 1. The average Bonchev–Trinajstić information content (AvgIpc) is 2.61. The molecule has 0 radical (unpaired) electrons. The highest BCUT2D eigenvalue weighted by Gasteiger charge is 2.34. The molecule has 0 aromatic heterocycles. The third kappa shape index (κ3) is 4.36. The van der Waals surface area contributed by atoms with E-state index in [1.165, 1.54) is 7.05 Å². The first-order valence-electron chi connectivity index (χ1n) is 9.19. The van der Waals surface area contributed by atoms with Crippen molar-refractivity contribution in [1.82, 2.24) is 9.62 Å². The molecule has 1 N–H and O–H groups in total. The molecule has 1 atom stereocenters. The Morgan fingerprint density at radius 3 is 2.50 bits per heavy atom. The lowest BCUT2D eigenvalue weighted by atomic mass is 9.89. The van der Waals surface area contributed by atoms with Crippen LogP contribution >= 0.6 is 0 Å². The first kappa shape index (κ1) is 20.4. The molecule has 2 aromatic rings. The molecule has 1 aliphatic rings. The lowest BCUT2D eigenvalue weighted by molar-refractivity contribution is -0.122. The molecule has 0 aliphatic carbocycles. The summed E-state index contributed by atoms with van der Waals surface area (Å²) in [4.78, 5) is 12.8. The number of likely N-dealkylation sites (N-methyl/N-ethyl adjacent to an activating group) is 1. The Hall–Kier alpha value is -2.38. The van der Waals surface area contributed by atoms with Gasteiger partial charge >= 0.3 is 0 Å². The molecular formula is C21H26N2O4S. The lowest BCUT2D eigenvalue weighted by Crippen LogP contribution is -2.44. The van der Waals surface area contributed by atoms with Crippen molar-refractivity contribution in [2.75, 3.05) is 13.6 Å². The Bertz CT molecular complexity index is 968. The minimum atomic E-state index is -3.73. The molecular weight excluding hydrogens is 376 g/mol. The van der Waals surface area contributed by atoms with Gasteiger partial charge in [0.15, 0.2) is 0 Å². The highest BCUT2D eigenvalue weighted by molar-refractivity contribution is 7.89. The minimum absolute atomic E-state index is 0.172. The van der Waals surface area contributed by atoms with Crippen LogP contribution in [0.5, 0.6) is 5.75 Å². The molecule has 1 amide bonds. The van der Waals surface area contributed by atoms with Gasteiger partial charge in [0, 0.05) is 19.0 Å². The number of aryl methyl sites for hydroxylation is 1. The molecule has 0 bridgehead atoms. The van der Waals surface area contributed by atoms with Gasteiger partial charge in [0.05, 0.1) is 17.5 Å². The number of fused-ring (bicyclic) bond motifs is 1. The van der Waals surface area contributed by atoms with Gasteiger partial charge in [0.2, 0.25) is 15.9 Å². The van der Waals surface area contributed by atoms with E-state index in [9.17, 15) is 13.2 Å². The summed E-state index contributed by atoms with van der Waals surface area (Å²) in [5, 5.41) is 2.97. The first-order chi connectivity index (χ1) is 13.1. The second-order valence-corrected chi connectivity index (χ2v) is 9.84. The third-order valence-electron chi connectivity index (χ3n) is 4.81. The number of hydrogen-bond donors (Lipinski definition) is 1. The van der Waals surface area contributed by atoms with E-state index < -0.39 is 15.6 Å². The number of ether oxygens (including phenoxy) is 1. The molecule has 1 heterocycles. The van der Waals surface area contributed by atoms with Gasteiger partial charge in [-0.2, -0.15) is 4.31 Å². The molecule has 0 spiro atoms. The van der Waals surface area contributed by atoms with Crippen LogP contribution in [0, 0.1) is 6.92 Å². The van der Waals surface area contributed by atoms with Gasteiger partial charge in [-0.3, -0.25) is 4.79 Å². The van der Waals surface area contributed by atoms with Gasteiger partial charge in [-0.1, -0.05) is 35.9 Å². The smallest absolute Gasteiger partial charge is 0.243 e. The van der Waals surface area contributed by atoms with Crippen LogP contribution < -0.4 is 10.1 Å². The fraction of sp³-hybridized carbons (Fsp3) is 0.381. The first-order valence-corrected chi connectivity index (χ1v) is 10.6. The van der Waals surface area contributed by atoms with E-state index >= 15 is 0 Å². The molecule has 3 rings (SSSR count). The molecule has 1 unspecified atom stereocenters. The van der Waals surface area contributed by atoms with Crippen LogP contribution in [-0.2, 0) is 14.8 Å². The Morgan fingerprint density at radius 2 is 1.82 bits per heavy atom. The number of hydrogen-bond acceptors (Lipinski definition) is 4. The summed E-state index contributed by atoms with van der Waals surface area (Å²) >= 11 is 0. The van der Waals surface area contributed by atoms with Crippen molar-refractivity contribution in [3.63, 3.8) is 0 Å². The van der Waals surface area contributed by atoms with Crippen molar-refractivity contribution in [2.45, 2.75) is 43.7 Å². The standard InChI is InChI=1S/C21H26N2O4S/c1-15-9-11-16(12-10-15)28(25,26)23(4)14-20(24)22-18-13-21(2,3)27-19-8-6-5-7-17(18)19/h5-12,18H,13-14H2,1-4H3,(H,22,24). The summed E-state index contributed by atoms with van der Waals surface area (Å²) in [5.41, 5.74) is 1.45. The number of carbonyl (C=O) groups is 1. The normalized spacial score (nSPS) is 18.2. The maximum absolute atomic E-state index is 12.7. The Labute approximate surface area is 166 Å². The third-order valence-corrected chi connectivity index (χ3v) is 6.62. The van der Waals surface area contributed by atoms with Crippen molar-refractivity contribution in [2.24, 2.45) is 0 Å². The van der Waals surface area contributed by atoms with Crippen LogP contribution in [0.3, 0.4) is 0 Å². The highest BCUT2D eigenvalue weighted by Crippen LogP contribution is 2.39. The molecule has 0 saturated heterocycles. The van der Waals surface area contributed by atoms with Crippen molar-refractivity contribution in [1.29, 1.82) is 0 Å². The van der Waals surface area contributed by atoms with Crippen LogP contribution in [0.25, 0.3) is 0 Å². The van der Waals surface area contributed by atoms with E-state index in [4.69, 9.17) is 4.74 Å². The summed E-state index contributed by atoms with van der Waals surface area (Å²) in [6.07, 6.45) is 0.601. The highest BCUT2D eigenvalue weighted by atomic mass is 32.2. The number of nitrogens with zero attached hydrogens (tertiary/aromatic N) is 1. The number of carbonyl (C=O) groups excluding carboxylic acids is 1. The zero-order valence-corrected chi connectivity index (χ0v) is 17.4. The zero-order chi connectivity index (χ0) is 20.5. The largest absolute Gasteiger partial charge is 0.487 e. The number of amides is 1. The summed E-state index contributed by atoms with van der Waals surface area (Å²) in [6, 6.07) is 13.9. The van der Waals surface area contributed by atoms with E-state index in [0.717, 1.165) is 21.2 Å². The van der Waals surface area contributed by atoms with Gasteiger partial charge in [0.25, 0.3) is 0 Å². The molecule has 1 aliphatic heterocycles. The predicted octanol–water partition coefficient (Wildman–Crippen LogP) is 3.03. The van der Waals surface area contributed by atoms with Crippen LogP contribution in [0.1, 0.15) is 37.4 Å². The predicted molar refractivity (Wildman–Crippen MR) is 108 cm³/mol. The fourth-order valence-electron chi connectivity index (χ4n) is 3.35. The van der Waals surface area contributed by atoms with E-state index in [-0.39, 0.29) is 23.4 Å². The average molecular weight is 403 g/mol. The van der Waals surface area contributed by atoms with Crippen LogP contribution in [0.15, 0.2) is 53.4 Å².